The highest BCUT2D eigenvalue weighted by Crippen LogP contribution is 2.30. The van der Waals surface area contributed by atoms with E-state index in [1.807, 2.05) is 37.3 Å². The van der Waals surface area contributed by atoms with Crippen LogP contribution in [0, 0.1) is 17.0 Å². The number of nitro groups is 1. The molecule has 14 heteroatoms. The number of carbonyl (C=O) groups excluding carboxylic acids is 2. The Hall–Kier alpha value is -4.65. The van der Waals surface area contributed by atoms with Crippen molar-refractivity contribution in [3.63, 3.8) is 0 Å². The second kappa shape index (κ2) is 16.6. The molecule has 2 amide bonds. The Morgan fingerprint density at radius 1 is 0.980 bits per heavy atom. The average molecular weight is 728 g/mol. The monoisotopic (exact) mass is 726 g/mol. The number of nitrogens with one attached hydrogen (secondary N) is 1. The van der Waals surface area contributed by atoms with Gasteiger partial charge in [0.15, 0.2) is 0 Å². The summed E-state index contributed by atoms with van der Waals surface area (Å²) in [5.41, 5.74) is 1.22. The molecule has 4 rings (SSSR count). The van der Waals surface area contributed by atoms with Crippen molar-refractivity contribution in [2.45, 2.75) is 44.2 Å². The molecular weight excluding hydrogens is 691 g/mol. The lowest BCUT2D eigenvalue weighted by Gasteiger charge is -2.34. The van der Waals surface area contributed by atoms with Crippen LogP contribution in [-0.4, -0.2) is 56.3 Å². The van der Waals surface area contributed by atoms with E-state index in [1.165, 1.54) is 61.4 Å². The number of hydrogen-bond donors (Lipinski definition) is 1. The third kappa shape index (κ3) is 9.28. The van der Waals surface area contributed by atoms with Crippen LogP contribution in [0.4, 0.5) is 11.4 Å². The predicted molar refractivity (Wildman–Crippen MR) is 190 cm³/mol. The van der Waals surface area contributed by atoms with Gasteiger partial charge in [-0.25, -0.2) is 8.42 Å². The Labute approximate surface area is 295 Å². The van der Waals surface area contributed by atoms with Crippen molar-refractivity contribution in [1.29, 1.82) is 0 Å². The van der Waals surface area contributed by atoms with Gasteiger partial charge < -0.3 is 15.0 Å². The number of halogens is 2. The number of rotatable bonds is 15. The largest absolute Gasteiger partial charge is 0.497 e. The molecule has 1 N–H and O–H groups in total. The Balaban J connectivity index is 1.85. The average Bonchev–Trinajstić information content (AvgIpc) is 3.08. The number of carbonyl (C=O) groups is 2. The fourth-order valence-corrected chi connectivity index (χ4v) is 7.01. The number of ether oxygens (including phenoxy) is 1. The van der Waals surface area contributed by atoms with Crippen LogP contribution in [0.25, 0.3) is 0 Å². The van der Waals surface area contributed by atoms with Crippen LogP contribution in [0.2, 0.25) is 10.0 Å². The second-order valence-corrected chi connectivity index (χ2v) is 13.9. The fourth-order valence-electron chi connectivity index (χ4n) is 5.10. The van der Waals surface area contributed by atoms with Crippen molar-refractivity contribution in [1.82, 2.24) is 10.2 Å². The van der Waals surface area contributed by atoms with E-state index in [-0.39, 0.29) is 34.1 Å². The highest BCUT2D eigenvalue weighted by Gasteiger charge is 2.35. The molecule has 0 fully saturated rings. The molecule has 0 unspecified atom stereocenters. The van der Waals surface area contributed by atoms with Gasteiger partial charge in [-0.3, -0.25) is 24.0 Å². The fraction of sp³-hybridized carbons (Fsp3) is 0.257. The van der Waals surface area contributed by atoms with Gasteiger partial charge in [0.25, 0.3) is 15.7 Å². The summed E-state index contributed by atoms with van der Waals surface area (Å²) in [6, 6.07) is 22.3. The molecule has 0 saturated heterocycles. The van der Waals surface area contributed by atoms with Gasteiger partial charge in [0.2, 0.25) is 11.8 Å². The number of amides is 2. The number of nitro benzene ring substituents is 1. The summed E-state index contributed by atoms with van der Waals surface area (Å²) < 4.78 is 34.7. The minimum absolute atomic E-state index is 0.0943. The molecule has 4 aromatic carbocycles. The summed E-state index contributed by atoms with van der Waals surface area (Å²) in [5.74, 6) is -0.718. The van der Waals surface area contributed by atoms with Crippen molar-refractivity contribution >= 4 is 56.4 Å². The van der Waals surface area contributed by atoms with Crippen molar-refractivity contribution in [3.05, 3.63) is 128 Å². The van der Waals surface area contributed by atoms with E-state index in [2.05, 4.69) is 5.32 Å². The van der Waals surface area contributed by atoms with Gasteiger partial charge in [0.1, 0.15) is 18.3 Å². The van der Waals surface area contributed by atoms with E-state index in [4.69, 9.17) is 27.9 Å². The van der Waals surface area contributed by atoms with Crippen molar-refractivity contribution in [2.24, 2.45) is 0 Å². The molecule has 1 atom stereocenters. The number of anilines is 1. The number of nitrogens with zero attached hydrogens (tertiary/aromatic N) is 3. The first kappa shape index (κ1) is 37.2. The molecule has 0 aliphatic carbocycles. The Kier molecular flexibility index (Phi) is 12.6. The summed E-state index contributed by atoms with van der Waals surface area (Å²) in [4.78, 5) is 40.4. The molecule has 0 radical (unpaired) electrons. The van der Waals surface area contributed by atoms with Crippen LogP contribution in [0.5, 0.6) is 5.75 Å². The second-order valence-electron chi connectivity index (χ2n) is 11.2. The van der Waals surface area contributed by atoms with Gasteiger partial charge in [-0.05, 0) is 66.9 Å². The van der Waals surface area contributed by atoms with E-state index < -0.39 is 45.0 Å². The minimum atomic E-state index is -4.58. The van der Waals surface area contributed by atoms with E-state index in [0.717, 1.165) is 15.9 Å². The molecular formula is C35H36Cl2N4O7S. The van der Waals surface area contributed by atoms with Gasteiger partial charge in [-0.1, -0.05) is 72.6 Å². The first-order valence-corrected chi connectivity index (χ1v) is 17.5. The molecule has 0 aliphatic heterocycles. The molecule has 0 spiro atoms. The summed E-state index contributed by atoms with van der Waals surface area (Å²) in [7, 11) is -3.13. The Bertz CT molecular complexity index is 1910. The minimum Gasteiger partial charge on any atom is -0.497 e. The van der Waals surface area contributed by atoms with Crippen molar-refractivity contribution < 1.29 is 27.7 Å². The lowest BCUT2D eigenvalue weighted by atomic mass is 10.0. The zero-order valence-electron chi connectivity index (χ0n) is 27.1. The molecule has 0 saturated carbocycles. The zero-order valence-corrected chi connectivity index (χ0v) is 29.5. The van der Waals surface area contributed by atoms with Crippen LogP contribution < -0.4 is 14.4 Å². The lowest BCUT2D eigenvalue weighted by Crippen LogP contribution is -2.53. The maximum atomic E-state index is 14.6. The molecule has 0 aliphatic rings. The lowest BCUT2D eigenvalue weighted by molar-refractivity contribution is -0.385. The smallest absolute Gasteiger partial charge is 0.273 e. The highest BCUT2D eigenvalue weighted by atomic mass is 35.5. The zero-order chi connectivity index (χ0) is 35.7. The third-order valence-corrected chi connectivity index (χ3v) is 10.1. The maximum Gasteiger partial charge on any atom is 0.273 e. The maximum absolute atomic E-state index is 14.6. The van der Waals surface area contributed by atoms with Gasteiger partial charge in [-0.15, -0.1) is 0 Å². The summed E-state index contributed by atoms with van der Waals surface area (Å²) in [6.07, 6.45) is 0.764. The molecule has 0 bridgehead atoms. The van der Waals surface area contributed by atoms with Gasteiger partial charge in [0.05, 0.1) is 22.6 Å². The molecule has 0 heterocycles. The SMILES string of the molecule is CCCNC(=O)[C@H](Cc1ccccc1)N(Cc1ccc(Cl)cc1Cl)C(=O)CN(c1ccc(OC)cc1)S(=O)(=O)c1ccc(C)c([N+](=O)[O-])c1. The number of sulfonamides is 1. The number of benzene rings is 4. The van der Waals surface area contributed by atoms with Crippen LogP contribution in [-0.2, 0) is 32.6 Å². The van der Waals surface area contributed by atoms with E-state index in [0.29, 0.717) is 29.3 Å². The van der Waals surface area contributed by atoms with Crippen LogP contribution in [0.15, 0.2) is 95.9 Å². The Morgan fingerprint density at radius 3 is 2.29 bits per heavy atom. The molecule has 11 nitrogen and oxygen atoms in total. The normalized spacial score (nSPS) is 11.8. The van der Waals surface area contributed by atoms with Crippen LogP contribution in [0.3, 0.4) is 0 Å². The predicted octanol–water partition coefficient (Wildman–Crippen LogP) is 6.58. The topological polar surface area (TPSA) is 139 Å². The van der Waals surface area contributed by atoms with Crippen molar-refractivity contribution in [2.75, 3.05) is 24.5 Å². The number of aryl methyl sites for hydroxylation is 1. The molecule has 258 valence electrons. The first-order chi connectivity index (χ1) is 23.3. The van der Waals surface area contributed by atoms with Gasteiger partial charge in [0, 0.05) is 41.2 Å². The van der Waals surface area contributed by atoms with Crippen LogP contribution in [0.1, 0.15) is 30.0 Å². The number of hydrogen-bond acceptors (Lipinski definition) is 7. The van der Waals surface area contributed by atoms with Gasteiger partial charge in [-0.2, -0.15) is 0 Å². The molecule has 49 heavy (non-hydrogen) atoms. The van der Waals surface area contributed by atoms with E-state index in [9.17, 15) is 28.1 Å². The summed E-state index contributed by atoms with van der Waals surface area (Å²) >= 11 is 12.7. The van der Waals surface area contributed by atoms with Crippen molar-refractivity contribution in [3.8, 4) is 5.75 Å². The first-order valence-electron chi connectivity index (χ1n) is 15.3. The summed E-state index contributed by atoms with van der Waals surface area (Å²) in [6.45, 7) is 2.84. The third-order valence-electron chi connectivity index (χ3n) is 7.78. The van der Waals surface area contributed by atoms with E-state index >= 15 is 0 Å². The molecule has 0 aromatic heterocycles. The highest BCUT2D eigenvalue weighted by molar-refractivity contribution is 7.92. The summed E-state index contributed by atoms with van der Waals surface area (Å²) in [5, 5.41) is 15.2. The standard InChI is InChI=1S/C35H36Cl2N4O7S/c1-4-18-38-35(43)33(19-25-8-6-5-7-9-25)39(22-26-11-12-27(36)20-31(26)37)34(42)23-40(28-13-15-29(48-3)16-14-28)49(46,47)30-17-10-24(2)32(21-30)41(44)45/h5-17,20-21,33H,4,18-19,22-23H2,1-3H3,(H,38,43)/t33-/m0/s1. The number of methoxy groups -OCH3 is 1. The van der Waals surface area contributed by atoms with Crippen LogP contribution >= 0.6 is 23.2 Å². The molecule has 4 aromatic rings. The van der Waals surface area contributed by atoms with E-state index in [1.54, 1.807) is 12.1 Å². The quantitative estimate of drug-likeness (QED) is 0.108. The van der Waals surface area contributed by atoms with Gasteiger partial charge >= 0.3 is 0 Å². The Morgan fingerprint density at radius 2 is 1.67 bits per heavy atom.